The summed E-state index contributed by atoms with van der Waals surface area (Å²) in [5, 5.41) is 31.1. The van der Waals surface area contributed by atoms with Gasteiger partial charge in [0, 0.05) is 32.4 Å². The summed E-state index contributed by atoms with van der Waals surface area (Å²) in [6.45, 7) is -0.469. The van der Waals surface area contributed by atoms with E-state index in [-0.39, 0.29) is 36.5 Å². The van der Waals surface area contributed by atoms with E-state index in [9.17, 15) is 25.1 Å². The predicted molar refractivity (Wildman–Crippen MR) is 129 cm³/mol. The maximum atomic E-state index is 12.4. The number of hydrogen-bond donors (Lipinski definition) is 4. The highest BCUT2D eigenvalue weighted by molar-refractivity contribution is 6.01. The van der Waals surface area contributed by atoms with Gasteiger partial charge in [-0.05, 0) is 23.8 Å². The Morgan fingerprint density at radius 2 is 2.11 bits per heavy atom. The van der Waals surface area contributed by atoms with E-state index in [1.807, 2.05) is 37.2 Å². The van der Waals surface area contributed by atoms with Crippen LogP contribution < -0.4 is 21.6 Å². The third-order valence-corrected chi connectivity index (χ3v) is 5.32. The molecule has 182 valence electrons. The normalized spacial score (nSPS) is 19.4. The molecular weight excluding hydrogens is 452 g/mol. The number of aromatic nitrogens is 2. The number of rotatable bonds is 6. The van der Waals surface area contributed by atoms with Crippen LogP contribution in [0, 0.1) is 23.2 Å². The molecule has 3 rings (SSSR count). The van der Waals surface area contributed by atoms with Crippen LogP contribution >= 0.6 is 0 Å². The zero-order valence-electron chi connectivity index (χ0n) is 19.3. The summed E-state index contributed by atoms with van der Waals surface area (Å²) >= 11 is 0. The molecular formula is C24H26N6O5. The zero-order chi connectivity index (χ0) is 25.5. The fourth-order valence-corrected chi connectivity index (χ4v) is 3.38. The Morgan fingerprint density at radius 1 is 1.40 bits per heavy atom. The fourth-order valence-electron chi connectivity index (χ4n) is 3.38. The number of hydrogen-bond acceptors (Lipinski definition) is 9. The van der Waals surface area contributed by atoms with Crippen molar-refractivity contribution in [2.45, 2.75) is 24.9 Å². The monoisotopic (exact) mass is 478 g/mol. The van der Waals surface area contributed by atoms with E-state index in [1.165, 1.54) is 12.3 Å². The summed E-state index contributed by atoms with van der Waals surface area (Å²) in [6, 6.07) is 9.25. The molecule has 0 aliphatic carbocycles. The maximum absolute atomic E-state index is 12.4. The number of nitrogen functional groups attached to an aromatic ring is 1. The van der Waals surface area contributed by atoms with E-state index in [0.717, 1.165) is 10.3 Å². The van der Waals surface area contributed by atoms with Gasteiger partial charge in [0.25, 0.3) is 5.91 Å². The molecule has 35 heavy (non-hydrogen) atoms. The first-order valence-electron chi connectivity index (χ1n) is 10.7. The van der Waals surface area contributed by atoms with Crippen LogP contribution in [0.15, 0.2) is 40.8 Å². The Labute approximate surface area is 202 Å². The van der Waals surface area contributed by atoms with Crippen molar-refractivity contribution in [3.8, 4) is 17.9 Å². The predicted octanol–water partition coefficient (Wildman–Crippen LogP) is -0.393. The molecule has 0 bridgehead atoms. The number of carbonyl (C=O) groups is 1. The third kappa shape index (κ3) is 6.25. The van der Waals surface area contributed by atoms with E-state index in [2.05, 4.69) is 22.1 Å². The molecule has 1 aliphatic heterocycles. The molecule has 0 saturated carbocycles. The molecule has 1 aliphatic rings. The Hall–Kier alpha value is -4.16. The zero-order valence-corrected chi connectivity index (χ0v) is 19.3. The molecule has 2 aromatic rings. The quantitative estimate of drug-likeness (QED) is 0.245. The minimum atomic E-state index is -0.924. The van der Waals surface area contributed by atoms with Crippen LogP contribution in [-0.4, -0.2) is 65.1 Å². The van der Waals surface area contributed by atoms with Gasteiger partial charge in [-0.3, -0.25) is 9.36 Å². The van der Waals surface area contributed by atoms with E-state index in [4.69, 9.17) is 10.5 Å². The highest BCUT2D eigenvalue weighted by atomic mass is 16.5. The van der Waals surface area contributed by atoms with Gasteiger partial charge < -0.3 is 30.9 Å². The summed E-state index contributed by atoms with van der Waals surface area (Å²) < 4.78 is 6.63. The summed E-state index contributed by atoms with van der Waals surface area (Å²) in [4.78, 5) is 30.3. The smallest absolute Gasteiger partial charge is 0.351 e. The molecule has 0 radical (unpaired) electrons. The second kappa shape index (κ2) is 11.3. The molecule has 0 spiro atoms. The third-order valence-electron chi connectivity index (χ3n) is 5.32. The molecule has 1 saturated heterocycles. The lowest BCUT2D eigenvalue weighted by molar-refractivity contribution is -0.116. The van der Waals surface area contributed by atoms with Crippen LogP contribution in [0.25, 0.3) is 6.08 Å². The SMILES string of the molecule is CN(C)c1ccc(/C=C(\C#N)C(=O)NCC#Cc2cn([C@H]3C[C@H](O)[C@@H](CO)O3)c(=O)nc2N)cc1. The van der Waals surface area contributed by atoms with Gasteiger partial charge in [0.15, 0.2) is 0 Å². The van der Waals surface area contributed by atoms with Crippen molar-refractivity contribution in [3.63, 3.8) is 0 Å². The van der Waals surface area contributed by atoms with Gasteiger partial charge in [-0.2, -0.15) is 10.2 Å². The number of nitrogens with zero attached hydrogens (tertiary/aromatic N) is 4. The van der Waals surface area contributed by atoms with Crippen molar-refractivity contribution in [1.82, 2.24) is 14.9 Å². The Bertz CT molecular complexity index is 1270. The summed E-state index contributed by atoms with van der Waals surface area (Å²) in [5.74, 6) is 4.76. The van der Waals surface area contributed by atoms with Gasteiger partial charge in [-0.15, -0.1) is 0 Å². The number of anilines is 2. The van der Waals surface area contributed by atoms with Gasteiger partial charge >= 0.3 is 5.69 Å². The average Bonchev–Trinajstić information content (AvgIpc) is 3.21. The molecule has 3 atom stereocenters. The minimum Gasteiger partial charge on any atom is -0.394 e. The highest BCUT2D eigenvalue weighted by Crippen LogP contribution is 2.27. The Morgan fingerprint density at radius 3 is 2.71 bits per heavy atom. The van der Waals surface area contributed by atoms with Crippen LogP contribution in [0.1, 0.15) is 23.8 Å². The second-order valence-corrected chi connectivity index (χ2v) is 7.98. The second-order valence-electron chi connectivity index (χ2n) is 7.98. The van der Waals surface area contributed by atoms with Crippen molar-refractivity contribution >= 4 is 23.5 Å². The van der Waals surface area contributed by atoms with Crippen LogP contribution in [0.4, 0.5) is 11.5 Å². The average molecular weight is 479 g/mol. The molecule has 1 amide bonds. The number of nitrogens with one attached hydrogen (secondary N) is 1. The van der Waals surface area contributed by atoms with E-state index >= 15 is 0 Å². The number of nitriles is 1. The van der Waals surface area contributed by atoms with Gasteiger partial charge in [-0.25, -0.2) is 4.79 Å². The number of nitrogens with two attached hydrogens (primary N) is 1. The summed E-state index contributed by atoms with van der Waals surface area (Å²) in [7, 11) is 3.83. The number of aliphatic hydroxyl groups excluding tert-OH is 2. The lowest BCUT2D eigenvalue weighted by Crippen LogP contribution is -2.29. The topological polar surface area (TPSA) is 167 Å². The van der Waals surface area contributed by atoms with Crippen LogP contribution in [0.2, 0.25) is 0 Å². The lowest BCUT2D eigenvalue weighted by atomic mass is 10.1. The van der Waals surface area contributed by atoms with Crippen molar-refractivity contribution < 1.29 is 19.7 Å². The first-order valence-corrected chi connectivity index (χ1v) is 10.7. The van der Waals surface area contributed by atoms with Gasteiger partial charge in [0.05, 0.1) is 24.8 Å². The molecule has 5 N–H and O–H groups in total. The molecule has 11 nitrogen and oxygen atoms in total. The molecule has 1 aromatic heterocycles. The van der Waals surface area contributed by atoms with Crippen LogP contribution in [0.5, 0.6) is 0 Å². The van der Waals surface area contributed by atoms with Crippen LogP contribution in [-0.2, 0) is 9.53 Å². The van der Waals surface area contributed by atoms with E-state index in [1.54, 1.807) is 12.1 Å². The first-order chi connectivity index (χ1) is 16.7. The lowest BCUT2D eigenvalue weighted by Gasteiger charge is -2.15. The van der Waals surface area contributed by atoms with Crippen molar-refractivity contribution in [2.75, 3.05) is 37.9 Å². The van der Waals surface area contributed by atoms with Crippen molar-refractivity contribution in [1.29, 1.82) is 5.26 Å². The van der Waals surface area contributed by atoms with Gasteiger partial charge in [0.1, 0.15) is 29.8 Å². The summed E-state index contributed by atoms with van der Waals surface area (Å²) in [6.07, 6.45) is 0.388. The van der Waals surface area contributed by atoms with Gasteiger partial charge in [0.2, 0.25) is 0 Å². The molecule has 0 unspecified atom stereocenters. The number of benzene rings is 1. The molecule has 11 heteroatoms. The number of aliphatic hydroxyl groups is 2. The maximum Gasteiger partial charge on any atom is 0.351 e. The van der Waals surface area contributed by atoms with E-state index < -0.39 is 30.0 Å². The standard InChI is InChI=1S/C24H26N6O5/c1-29(2)18-7-5-15(6-8-18)10-17(12-25)23(33)27-9-3-4-16-13-30(24(34)28-22(16)26)21-11-19(32)20(14-31)35-21/h5-8,10,13,19-21,31-32H,9,11,14H2,1-2H3,(H,27,33)(H2,26,28,34)/b17-10+/t19-,20+,21+/m0/s1. The number of carbonyl (C=O) groups excluding carboxylic acids is 1. The van der Waals surface area contributed by atoms with Crippen molar-refractivity contribution in [3.05, 3.63) is 57.6 Å². The van der Waals surface area contributed by atoms with E-state index in [0.29, 0.717) is 5.56 Å². The fraction of sp³-hybridized carbons (Fsp3) is 0.333. The Balaban J connectivity index is 1.67. The first kappa shape index (κ1) is 25.5. The largest absolute Gasteiger partial charge is 0.394 e. The number of ether oxygens (including phenoxy) is 1. The summed E-state index contributed by atoms with van der Waals surface area (Å²) in [5.41, 5.74) is 6.96. The van der Waals surface area contributed by atoms with Crippen LogP contribution in [0.3, 0.4) is 0 Å². The van der Waals surface area contributed by atoms with Gasteiger partial charge in [-0.1, -0.05) is 24.0 Å². The number of amides is 1. The molecule has 2 heterocycles. The highest BCUT2D eigenvalue weighted by Gasteiger charge is 2.35. The minimum absolute atomic E-state index is 0.0745. The van der Waals surface area contributed by atoms with Crippen molar-refractivity contribution in [2.24, 2.45) is 0 Å². The Kier molecular flexibility index (Phi) is 8.23. The molecule has 1 fully saturated rings. The molecule has 1 aromatic carbocycles.